The first-order valence-corrected chi connectivity index (χ1v) is 7.65. The second-order valence-electron chi connectivity index (χ2n) is 5.22. The summed E-state index contributed by atoms with van der Waals surface area (Å²) in [4.78, 5) is 6.51. The molecule has 21 heavy (non-hydrogen) atoms. The molecule has 3 nitrogen and oxygen atoms in total. The van der Waals surface area contributed by atoms with E-state index in [1.807, 2.05) is 24.2 Å². The summed E-state index contributed by atoms with van der Waals surface area (Å²) in [7, 11) is 1.98. The lowest BCUT2D eigenvalue weighted by atomic mass is 10.2. The Morgan fingerprint density at radius 2 is 1.95 bits per heavy atom. The van der Waals surface area contributed by atoms with Gasteiger partial charge in [-0.3, -0.25) is 0 Å². The predicted molar refractivity (Wildman–Crippen MR) is 90.5 cm³/mol. The number of hydrogen-bond acceptors (Lipinski definition) is 3. The van der Waals surface area contributed by atoms with Crippen molar-refractivity contribution < 1.29 is 0 Å². The summed E-state index contributed by atoms with van der Waals surface area (Å²) in [6, 6.07) is 10.3. The molecule has 0 spiro atoms. The van der Waals surface area contributed by atoms with E-state index in [-0.39, 0.29) is 0 Å². The number of benzene rings is 1. The van der Waals surface area contributed by atoms with Gasteiger partial charge in [-0.1, -0.05) is 36.2 Å². The van der Waals surface area contributed by atoms with E-state index >= 15 is 0 Å². The molecule has 0 fully saturated rings. The highest BCUT2D eigenvalue weighted by molar-refractivity contribution is 6.33. The average molecular weight is 304 g/mol. The van der Waals surface area contributed by atoms with Crippen LogP contribution in [0, 0.1) is 6.92 Å². The van der Waals surface area contributed by atoms with Crippen LogP contribution in [0.2, 0.25) is 5.02 Å². The molecule has 0 amide bonds. The van der Waals surface area contributed by atoms with Crippen LogP contribution in [-0.4, -0.2) is 18.6 Å². The van der Waals surface area contributed by atoms with Crippen molar-refractivity contribution in [2.45, 2.75) is 26.8 Å². The molecule has 0 aliphatic rings. The molecule has 1 aromatic heterocycles. The summed E-state index contributed by atoms with van der Waals surface area (Å²) in [5, 5.41) is 4.03. The van der Waals surface area contributed by atoms with Gasteiger partial charge in [-0.05, 0) is 43.7 Å². The molecular formula is C17H22ClN3. The number of rotatable bonds is 6. The fourth-order valence-electron chi connectivity index (χ4n) is 2.11. The summed E-state index contributed by atoms with van der Waals surface area (Å²) in [5.74, 6) is 0.778. The maximum atomic E-state index is 6.39. The fraction of sp³-hybridized carbons (Fsp3) is 0.353. The molecule has 0 atom stereocenters. The lowest BCUT2D eigenvalue weighted by Crippen LogP contribution is -2.15. The highest BCUT2D eigenvalue weighted by Crippen LogP contribution is 2.29. The van der Waals surface area contributed by atoms with Crippen molar-refractivity contribution in [3.05, 3.63) is 52.7 Å². The molecule has 0 saturated carbocycles. The predicted octanol–water partition coefficient (Wildman–Crippen LogP) is 4.31. The van der Waals surface area contributed by atoms with E-state index in [9.17, 15) is 0 Å². The smallest absolute Gasteiger partial charge is 0.151 e. The van der Waals surface area contributed by atoms with E-state index < -0.39 is 0 Å². The Kier molecular flexibility index (Phi) is 5.59. The number of aryl methyl sites for hydroxylation is 1. The lowest BCUT2D eigenvalue weighted by molar-refractivity contribution is 0.674. The van der Waals surface area contributed by atoms with Gasteiger partial charge < -0.3 is 10.2 Å². The molecule has 0 saturated heterocycles. The Balaban J connectivity index is 2.14. The van der Waals surface area contributed by atoms with Crippen molar-refractivity contribution in [2.24, 2.45) is 0 Å². The molecule has 0 aliphatic heterocycles. The van der Waals surface area contributed by atoms with Gasteiger partial charge in [-0.15, -0.1) is 0 Å². The maximum Gasteiger partial charge on any atom is 0.151 e. The summed E-state index contributed by atoms with van der Waals surface area (Å²) in [5.41, 5.74) is 3.42. The number of nitrogens with zero attached hydrogens (tertiary/aromatic N) is 2. The monoisotopic (exact) mass is 303 g/mol. The number of halogens is 1. The minimum atomic E-state index is 0.675. The van der Waals surface area contributed by atoms with Crippen LogP contribution in [0.25, 0.3) is 0 Å². The number of nitrogens with one attached hydrogen (secondary N) is 1. The van der Waals surface area contributed by atoms with Crippen LogP contribution in [-0.2, 0) is 6.54 Å². The molecule has 4 heteroatoms. The molecule has 2 aromatic rings. The molecule has 0 radical (unpaired) electrons. The third kappa shape index (κ3) is 4.19. The van der Waals surface area contributed by atoms with Gasteiger partial charge in [-0.25, -0.2) is 4.98 Å². The topological polar surface area (TPSA) is 28.2 Å². The summed E-state index contributed by atoms with van der Waals surface area (Å²) >= 11 is 6.39. The summed E-state index contributed by atoms with van der Waals surface area (Å²) < 4.78 is 0. The van der Waals surface area contributed by atoms with E-state index in [2.05, 4.69) is 48.4 Å². The third-order valence-corrected chi connectivity index (χ3v) is 3.65. The molecule has 112 valence electrons. The number of anilines is 2. The SMILES string of the molecule is CCCNCc1cnc(N(C)c2ccc(C)cc2)c(Cl)c1. The maximum absolute atomic E-state index is 6.39. The van der Waals surface area contributed by atoms with Crippen LogP contribution in [0.1, 0.15) is 24.5 Å². The molecule has 0 aliphatic carbocycles. The minimum absolute atomic E-state index is 0.675. The largest absolute Gasteiger partial charge is 0.328 e. The first-order valence-electron chi connectivity index (χ1n) is 7.27. The highest BCUT2D eigenvalue weighted by Gasteiger charge is 2.10. The van der Waals surface area contributed by atoms with Gasteiger partial charge in [0.05, 0.1) is 5.02 Å². The highest BCUT2D eigenvalue weighted by atomic mass is 35.5. The van der Waals surface area contributed by atoms with Gasteiger partial charge in [0.1, 0.15) is 0 Å². The number of pyridine rings is 1. The second-order valence-corrected chi connectivity index (χ2v) is 5.63. The van der Waals surface area contributed by atoms with Crippen molar-refractivity contribution >= 4 is 23.1 Å². The van der Waals surface area contributed by atoms with E-state index in [1.165, 1.54) is 5.56 Å². The minimum Gasteiger partial charge on any atom is -0.328 e. The Morgan fingerprint density at radius 3 is 2.57 bits per heavy atom. The first kappa shape index (κ1) is 15.8. The molecule has 1 heterocycles. The van der Waals surface area contributed by atoms with Crippen LogP contribution >= 0.6 is 11.6 Å². The van der Waals surface area contributed by atoms with Crippen LogP contribution in [0.5, 0.6) is 0 Å². The number of hydrogen-bond donors (Lipinski definition) is 1. The van der Waals surface area contributed by atoms with Crippen LogP contribution in [0.4, 0.5) is 11.5 Å². The van der Waals surface area contributed by atoms with E-state index in [4.69, 9.17) is 11.6 Å². The normalized spacial score (nSPS) is 10.7. The van der Waals surface area contributed by atoms with Crippen LogP contribution in [0.15, 0.2) is 36.5 Å². The number of aromatic nitrogens is 1. The molecule has 2 rings (SSSR count). The van der Waals surface area contributed by atoms with E-state index in [1.54, 1.807) is 0 Å². The van der Waals surface area contributed by atoms with E-state index in [0.717, 1.165) is 36.6 Å². The standard InChI is InChI=1S/C17H22ClN3/c1-4-9-19-11-14-10-16(18)17(20-12-14)21(3)15-7-5-13(2)6-8-15/h5-8,10,12,19H,4,9,11H2,1-3H3. The Labute approximate surface area is 132 Å². The van der Waals surface area contributed by atoms with Gasteiger partial charge >= 0.3 is 0 Å². The van der Waals surface area contributed by atoms with Gasteiger partial charge in [0.2, 0.25) is 0 Å². The molecule has 1 N–H and O–H groups in total. The lowest BCUT2D eigenvalue weighted by Gasteiger charge is -2.20. The second kappa shape index (κ2) is 7.43. The molecular weight excluding hydrogens is 282 g/mol. The van der Waals surface area contributed by atoms with Crippen molar-refractivity contribution in [3.63, 3.8) is 0 Å². The quantitative estimate of drug-likeness (QED) is 0.806. The van der Waals surface area contributed by atoms with Crippen molar-refractivity contribution in [1.82, 2.24) is 10.3 Å². The van der Waals surface area contributed by atoms with Gasteiger partial charge in [0.25, 0.3) is 0 Å². The van der Waals surface area contributed by atoms with Crippen LogP contribution in [0.3, 0.4) is 0 Å². The Bertz CT molecular complexity index is 581. The Hall–Kier alpha value is -1.58. The zero-order valence-electron chi connectivity index (χ0n) is 12.9. The molecule has 0 unspecified atom stereocenters. The fourth-order valence-corrected chi connectivity index (χ4v) is 2.43. The van der Waals surface area contributed by atoms with Gasteiger partial charge in [0, 0.05) is 25.5 Å². The summed E-state index contributed by atoms with van der Waals surface area (Å²) in [6.07, 6.45) is 3.00. The Morgan fingerprint density at radius 1 is 1.24 bits per heavy atom. The summed E-state index contributed by atoms with van der Waals surface area (Å²) in [6.45, 7) is 6.03. The average Bonchev–Trinajstić information content (AvgIpc) is 2.48. The first-order chi connectivity index (χ1) is 10.1. The van der Waals surface area contributed by atoms with Crippen molar-refractivity contribution in [3.8, 4) is 0 Å². The van der Waals surface area contributed by atoms with E-state index in [0.29, 0.717) is 5.02 Å². The molecule has 1 aromatic carbocycles. The van der Waals surface area contributed by atoms with Crippen molar-refractivity contribution in [2.75, 3.05) is 18.5 Å². The zero-order chi connectivity index (χ0) is 15.2. The van der Waals surface area contributed by atoms with Crippen molar-refractivity contribution in [1.29, 1.82) is 0 Å². The molecule has 0 bridgehead atoms. The zero-order valence-corrected chi connectivity index (χ0v) is 13.6. The van der Waals surface area contributed by atoms with Gasteiger partial charge in [-0.2, -0.15) is 0 Å². The third-order valence-electron chi connectivity index (χ3n) is 3.37. The van der Waals surface area contributed by atoms with Gasteiger partial charge in [0.15, 0.2) is 5.82 Å². The van der Waals surface area contributed by atoms with Crippen LogP contribution < -0.4 is 10.2 Å².